The SMILES string of the molecule is CCCCC=CCC(C)=CC[O]. The van der Waals surface area contributed by atoms with Crippen molar-refractivity contribution >= 4 is 0 Å². The molecule has 12 heavy (non-hydrogen) atoms. The maximum absolute atomic E-state index is 10.2. The summed E-state index contributed by atoms with van der Waals surface area (Å²) in [6.45, 7) is 4.10. The van der Waals surface area contributed by atoms with Crippen LogP contribution in [0.4, 0.5) is 0 Å². The Bertz CT molecular complexity index is 145. The largest absolute Gasteiger partial charge is 0.232 e. The molecular formula is C11H19O. The molecule has 0 heterocycles. The van der Waals surface area contributed by atoms with Gasteiger partial charge in [0.25, 0.3) is 0 Å². The second-order valence-corrected chi connectivity index (χ2v) is 3.03. The minimum atomic E-state index is -0.0887. The lowest BCUT2D eigenvalue weighted by Gasteiger charge is -1.93. The zero-order valence-electron chi connectivity index (χ0n) is 8.18. The van der Waals surface area contributed by atoms with Crippen LogP contribution in [0, 0.1) is 0 Å². The molecule has 69 valence electrons. The number of hydrogen-bond acceptors (Lipinski definition) is 0. The molecule has 0 aromatic carbocycles. The van der Waals surface area contributed by atoms with E-state index >= 15 is 0 Å². The van der Waals surface area contributed by atoms with Crippen LogP contribution in [0.25, 0.3) is 0 Å². The second kappa shape index (κ2) is 8.54. The third-order valence-corrected chi connectivity index (χ3v) is 1.76. The summed E-state index contributed by atoms with van der Waals surface area (Å²) in [6, 6.07) is 0. The van der Waals surface area contributed by atoms with Gasteiger partial charge >= 0.3 is 0 Å². The fourth-order valence-corrected chi connectivity index (χ4v) is 0.935. The van der Waals surface area contributed by atoms with Gasteiger partial charge in [0.2, 0.25) is 0 Å². The molecule has 0 amide bonds. The van der Waals surface area contributed by atoms with Gasteiger partial charge in [-0.2, -0.15) is 0 Å². The van der Waals surface area contributed by atoms with E-state index in [4.69, 9.17) is 0 Å². The van der Waals surface area contributed by atoms with Crippen molar-refractivity contribution in [1.29, 1.82) is 0 Å². The van der Waals surface area contributed by atoms with Crippen molar-refractivity contribution in [3.05, 3.63) is 23.8 Å². The summed E-state index contributed by atoms with van der Waals surface area (Å²) in [4.78, 5) is 0. The smallest absolute Gasteiger partial charge is 0.101 e. The molecule has 0 aromatic rings. The quantitative estimate of drug-likeness (QED) is 0.426. The predicted octanol–water partition coefficient (Wildman–Crippen LogP) is 3.50. The molecule has 0 fully saturated rings. The third-order valence-electron chi connectivity index (χ3n) is 1.76. The van der Waals surface area contributed by atoms with Crippen molar-refractivity contribution in [2.75, 3.05) is 6.61 Å². The molecule has 0 saturated heterocycles. The summed E-state index contributed by atoms with van der Waals surface area (Å²) < 4.78 is 0. The van der Waals surface area contributed by atoms with Gasteiger partial charge in [-0.15, -0.1) is 0 Å². The molecule has 0 saturated carbocycles. The van der Waals surface area contributed by atoms with Gasteiger partial charge in [0, 0.05) is 0 Å². The zero-order chi connectivity index (χ0) is 9.23. The monoisotopic (exact) mass is 167 g/mol. The van der Waals surface area contributed by atoms with Crippen LogP contribution in [-0.4, -0.2) is 6.61 Å². The van der Waals surface area contributed by atoms with Crippen molar-refractivity contribution in [2.24, 2.45) is 0 Å². The highest BCUT2D eigenvalue weighted by molar-refractivity contribution is 5.04. The van der Waals surface area contributed by atoms with E-state index in [0.29, 0.717) is 0 Å². The molecule has 1 nitrogen and oxygen atoms in total. The van der Waals surface area contributed by atoms with Crippen LogP contribution in [0.2, 0.25) is 0 Å². The van der Waals surface area contributed by atoms with Crippen molar-refractivity contribution in [3.8, 4) is 0 Å². The van der Waals surface area contributed by atoms with Gasteiger partial charge < -0.3 is 0 Å². The number of allylic oxidation sites excluding steroid dienone is 3. The van der Waals surface area contributed by atoms with E-state index in [0.717, 1.165) is 6.42 Å². The molecular weight excluding hydrogens is 148 g/mol. The van der Waals surface area contributed by atoms with Crippen molar-refractivity contribution in [3.63, 3.8) is 0 Å². The molecule has 0 unspecified atom stereocenters. The van der Waals surface area contributed by atoms with Crippen LogP contribution in [0.3, 0.4) is 0 Å². The Morgan fingerprint density at radius 2 is 2.08 bits per heavy atom. The first-order valence-electron chi connectivity index (χ1n) is 4.70. The van der Waals surface area contributed by atoms with E-state index in [2.05, 4.69) is 19.1 Å². The Hall–Kier alpha value is -0.560. The van der Waals surface area contributed by atoms with Crippen molar-refractivity contribution in [1.82, 2.24) is 0 Å². The van der Waals surface area contributed by atoms with E-state index in [1.165, 1.54) is 24.8 Å². The van der Waals surface area contributed by atoms with Crippen LogP contribution >= 0.6 is 0 Å². The average Bonchev–Trinajstić information content (AvgIpc) is 2.05. The number of hydrogen-bond donors (Lipinski definition) is 0. The van der Waals surface area contributed by atoms with Crippen LogP contribution < -0.4 is 0 Å². The van der Waals surface area contributed by atoms with Gasteiger partial charge in [-0.3, -0.25) is 0 Å². The number of rotatable bonds is 6. The minimum absolute atomic E-state index is 0.0887. The van der Waals surface area contributed by atoms with E-state index in [9.17, 15) is 5.11 Å². The molecule has 0 aromatic heterocycles. The highest BCUT2D eigenvalue weighted by Crippen LogP contribution is 2.02. The van der Waals surface area contributed by atoms with E-state index in [1.807, 2.05) is 6.92 Å². The summed E-state index contributed by atoms with van der Waals surface area (Å²) in [5.74, 6) is 0. The van der Waals surface area contributed by atoms with Crippen molar-refractivity contribution in [2.45, 2.75) is 39.5 Å². The van der Waals surface area contributed by atoms with E-state index in [1.54, 1.807) is 6.08 Å². The maximum Gasteiger partial charge on any atom is 0.101 e. The predicted molar refractivity (Wildman–Crippen MR) is 52.6 cm³/mol. The normalized spacial score (nSPS) is 12.8. The Balaban J connectivity index is 3.40. The van der Waals surface area contributed by atoms with Gasteiger partial charge in [-0.25, -0.2) is 5.11 Å². The first kappa shape index (κ1) is 11.4. The third kappa shape index (κ3) is 7.55. The first-order valence-corrected chi connectivity index (χ1v) is 4.70. The van der Waals surface area contributed by atoms with Crippen molar-refractivity contribution < 1.29 is 5.11 Å². The summed E-state index contributed by atoms with van der Waals surface area (Å²) in [5, 5.41) is 10.2. The molecule has 0 bridgehead atoms. The first-order chi connectivity index (χ1) is 5.81. The Morgan fingerprint density at radius 3 is 2.67 bits per heavy atom. The zero-order valence-corrected chi connectivity index (χ0v) is 8.18. The summed E-state index contributed by atoms with van der Waals surface area (Å²) in [6.07, 6.45) is 10.7. The molecule has 1 radical (unpaired) electrons. The summed E-state index contributed by atoms with van der Waals surface area (Å²) in [7, 11) is 0. The van der Waals surface area contributed by atoms with E-state index < -0.39 is 0 Å². The molecule has 1 heteroatoms. The molecule has 0 atom stereocenters. The number of unbranched alkanes of at least 4 members (excludes halogenated alkanes) is 2. The highest BCUT2D eigenvalue weighted by Gasteiger charge is 1.84. The van der Waals surface area contributed by atoms with Crippen LogP contribution in [0.5, 0.6) is 0 Å². The second-order valence-electron chi connectivity index (χ2n) is 3.03. The molecule has 0 N–H and O–H groups in total. The molecule has 0 aliphatic carbocycles. The fourth-order valence-electron chi connectivity index (χ4n) is 0.935. The lowest BCUT2D eigenvalue weighted by Crippen LogP contribution is -1.77. The standard InChI is InChI=1S/C11H19O/c1-3-4-5-6-7-8-11(2)9-10-12/h6-7,9H,3-5,8,10H2,1-2H3. The fraction of sp³-hybridized carbons (Fsp3) is 0.636. The summed E-state index contributed by atoms with van der Waals surface area (Å²) >= 11 is 0. The van der Waals surface area contributed by atoms with Crippen LogP contribution in [-0.2, 0) is 5.11 Å². The van der Waals surface area contributed by atoms with Crippen LogP contribution in [0.1, 0.15) is 39.5 Å². The van der Waals surface area contributed by atoms with Gasteiger partial charge in [0.1, 0.15) is 6.61 Å². The lowest BCUT2D eigenvalue weighted by atomic mass is 10.1. The van der Waals surface area contributed by atoms with E-state index in [-0.39, 0.29) is 6.61 Å². The average molecular weight is 167 g/mol. The van der Waals surface area contributed by atoms with Gasteiger partial charge in [0.05, 0.1) is 0 Å². The van der Waals surface area contributed by atoms with Gasteiger partial charge in [-0.1, -0.05) is 43.6 Å². The maximum atomic E-state index is 10.2. The topological polar surface area (TPSA) is 19.9 Å². The molecule has 0 rings (SSSR count). The molecule has 0 aliphatic rings. The van der Waals surface area contributed by atoms with Crippen LogP contribution in [0.15, 0.2) is 23.8 Å². The lowest BCUT2D eigenvalue weighted by molar-refractivity contribution is 0.231. The Kier molecular flexibility index (Phi) is 8.14. The van der Waals surface area contributed by atoms with Gasteiger partial charge in [-0.05, 0) is 19.8 Å². The highest BCUT2D eigenvalue weighted by atomic mass is 16.2. The molecule has 0 aliphatic heterocycles. The minimum Gasteiger partial charge on any atom is -0.232 e. The summed E-state index contributed by atoms with van der Waals surface area (Å²) in [5.41, 5.74) is 1.18. The van der Waals surface area contributed by atoms with Gasteiger partial charge in [0.15, 0.2) is 0 Å². The Morgan fingerprint density at radius 1 is 1.33 bits per heavy atom. The Labute approximate surface area is 75.8 Å². The molecule has 0 spiro atoms.